The average molecular weight is 319 g/mol. The Morgan fingerprint density at radius 2 is 2.13 bits per heavy atom. The van der Waals surface area contributed by atoms with Gasteiger partial charge in [-0.3, -0.25) is 4.90 Å². The van der Waals surface area contributed by atoms with Crippen molar-refractivity contribution in [3.05, 3.63) is 29.8 Å². The zero-order chi connectivity index (χ0) is 16.1. The Morgan fingerprint density at radius 1 is 1.26 bits per heavy atom. The normalized spacial score (nSPS) is 26.0. The number of ether oxygens (including phenoxy) is 2. The van der Waals surface area contributed by atoms with Gasteiger partial charge in [0.15, 0.2) is 0 Å². The second-order valence-corrected chi connectivity index (χ2v) is 6.92. The van der Waals surface area contributed by atoms with Crippen LogP contribution in [-0.2, 0) is 11.3 Å². The SMILES string of the molecule is COc1cccc(COCC(O)CN2CCCC3CCCC32)c1. The van der Waals surface area contributed by atoms with Gasteiger partial charge in [-0.05, 0) is 55.8 Å². The van der Waals surface area contributed by atoms with Crippen LogP contribution in [0.2, 0.25) is 0 Å². The molecule has 3 atom stereocenters. The summed E-state index contributed by atoms with van der Waals surface area (Å²) >= 11 is 0. The van der Waals surface area contributed by atoms with Crippen molar-refractivity contribution in [3.63, 3.8) is 0 Å². The molecule has 0 spiro atoms. The molecule has 1 aromatic rings. The van der Waals surface area contributed by atoms with Crippen molar-refractivity contribution in [2.24, 2.45) is 5.92 Å². The first-order valence-electron chi connectivity index (χ1n) is 8.89. The quantitative estimate of drug-likeness (QED) is 0.839. The minimum Gasteiger partial charge on any atom is -0.497 e. The number of hydrogen-bond donors (Lipinski definition) is 1. The van der Waals surface area contributed by atoms with Gasteiger partial charge >= 0.3 is 0 Å². The molecule has 0 aromatic heterocycles. The Balaban J connectivity index is 1.41. The van der Waals surface area contributed by atoms with Crippen molar-refractivity contribution < 1.29 is 14.6 Å². The van der Waals surface area contributed by atoms with Gasteiger partial charge in [0.1, 0.15) is 5.75 Å². The molecule has 0 amide bonds. The highest BCUT2D eigenvalue weighted by atomic mass is 16.5. The number of β-amino-alcohol motifs (C(OH)–C–C–N with tert-alkyl or cyclic N) is 1. The second kappa shape index (κ2) is 8.13. The van der Waals surface area contributed by atoms with Crippen LogP contribution < -0.4 is 4.74 Å². The van der Waals surface area contributed by atoms with Crippen LogP contribution in [0.4, 0.5) is 0 Å². The third kappa shape index (κ3) is 4.46. The van der Waals surface area contributed by atoms with E-state index < -0.39 is 6.10 Å². The van der Waals surface area contributed by atoms with Crippen LogP contribution in [0.1, 0.15) is 37.7 Å². The van der Waals surface area contributed by atoms with E-state index >= 15 is 0 Å². The van der Waals surface area contributed by atoms with Crippen molar-refractivity contribution in [1.29, 1.82) is 0 Å². The molecule has 3 unspecified atom stereocenters. The van der Waals surface area contributed by atoms with E-state index in [0.717, 1.165) is 30.3 Å². The van der Waals surface area contributed by atoms with Gasteiger partial charge in [0.05, 0.1) is 26.4 Å². The van der Waals surface area contributed by atoms with E-state index in [1.807, 2.05) is 24.3 Å². The van der Waals surface area contributed by atoms with Crippen LogP contribution in [0.25, 0.3) is 0 Å². The first-order valence-corrected chi connectivity index (χ1v) is 8.89. The molecule has 1 aliphatic heterocycles. The number of aliphatic hydroxyl groups is 1. The van der Waals surface area contributed by atoms with E-state index in [1.54, 1.807) is 7.11 Å². The molecule has 1 heterocycles. The first kappa shape index (κ1) is 16.7. The lowest BCUT2D eigenvalue weighted by molar-refractivity contribution is -0.00859. The van der Waals surface area contributed by atoms with Crippen LogP contribution in [0.3, 0.4) is 0 Å². The summed E-state index contributed by atoms with van der Waals surface area (Å²) in [6.07, 6.45) is 6.29. The van der Waals surface area contributed by atoms with Gasteiger partial charge in [0.25, 0.3) is 0 Å². The maximum absolute atomic E-state index is 10.3. The summed E-state index contributed by atoms with van der Waals surface area (Å²) in [7, 11) is 1.67. The minimum absolute atomic E-state index is 0.394. The largest absolute Gasteiger partial charge is 0.497 e. The molecule has 2 fully saturated rings. The van der Waals surface area contributed by atoms with Crippen molar-refractivity contribution >= 4 is 0 Å². The summed E-state index contributed by atoms with van der Waals surface area (Å²) in [6, 6.07) is 8.58. The summed E-state index contributed by atoms with van der Waals surface area (Å²) in [4.78, 5) is 2.50. The minimum atomic E-state index is -0.403. The van der Waals surface area contributed by atoms with E-state index in [2.05, 4.69) is 4.90 Å². The Kier molecular flexibility index (Phi) is 5.92. The van der Waals surface area contributed by atoms with Crippen LogP contribution in [0, 0.1) is 5.92 Å². The van der Waals surface area contributed by atoms with E-state index in [1.165, 1.54) is 32.1 Å². The molecule has 1 N–H and O–H groups in total. The summed E-state index contributed by atoms with van der Waals surface area (Å²) in [5, 5.41) is 10.3. The Morgan fingerprint density at radius 3 is 3.00 bits per heavy atom. The predicted molar refractivity (Wildman–Crippen MR) is 90.6 cm³/mol. The number of piperidine rings is 1. The number of rotatable bonds is 7. The fraction of sp³-hybridized carbons (Fsp3) is 0.684. The maximum atomic E-state index is 10.3. The predicted octanol–water partition coefficient (Wildman–Crippen LogP) is 2.84. The fourth-order valence-corrected chi connectivity index (χ4v) is 4.18. The van der Waals surface area contributed by atoms with Crippen molar-refractivity contribution in [3.8, 4) is 5.75 Å². The lowest BCUT2D eigenvalue weighted by Crippen LogP contribution is -2.46. The summed E-state index contributed by atoms with van der Waals surface area (Å²) in [5.41, 5.74) is 1.07. The van der Waals surface area contributed by atoms with Crippen molar-refractivity contribution in [2.75, 3.05) is 26.8 Å². The standard InChI is InChI=1S/C19H29NO3/c1-22-18-8-2-5-15(11-18)13-23-14-17(21)12-20-10-4-7-16-6-3-9-19(16)20/h2,5,8,11,16-17,19,21H,3-4,6-7,9-10,12-14H2,1H3. The van der Waals surface area contributed by atoms with Crippen LogP contribution in [0.15, 0.2) is 24.3 Å². The van der Waals surface area contributed by atoms with Gasteiger partial charge in [0.2, 0.25) is 0 Å². The van der Waals surface area contributed by atoms with Gasteiger partial charge in [-0.25, -0.2) is 0 Å². The molecule has 4 heteroatoms. The lowest BCUT2D eigenvalue weighted by atomic mass is 9.92. The van der Waals surface area contributed by atoms with Gasteiger partial charge in [-0.1, -0.05) is 18.6 Å². The van der Waals surface area contributed by atoms with Gasteiger partial charge in [-0.2, -0.15) is 0 Å². The first-order chi connectivity index (χ1) is 11.3. The molecule has 4 nitrogen and oxygen atoms in total. The smallest absolute Gasteiger partial charge is 0.119 e. The number of likely N-dealkylation sites (tertiary alicyclic amines) is 1. The molecule has 2 aliphatic rings. The molecular formula is C19H29NO3. The number of nitrogens with zero attached hydrogens (tertiary/aromatic N) is 1. The molecule has 1 saturated heterocycles. The molecule has 0 radical (unpaired) electrons. The van der Waals surface area contributed by atoms with Crippen LogP contribution in [-0.4, -0.2) is 49.0 Å². The highest BCUT2D eigenvalue weighted by Gasteiger charge is 2.35. The number of methoxy groups -OCH3 is 1. The van der Waals surface area contributed by atoms with E-state index in [-0.39, 0.29) is 0 Å². The van der Waals surface area contributed by atoms with Crippen molar-refractivity contribution in [1.82, 2.24) is 4.90 Å². The van der Waals surface area contributed by atoms with Crippen molar-refractivity contribution in [2.45, 2.75) is 50.9 Å². The van der Waals surface area contributed by atoms with Crippen LogP contribution >= 0.6 is 0 Å². The molecule has 0 bridgehead atoms. The van der Waals surface area contributed by atoms with Gasteiger partial charge in [-0.15, -0.1) is 0 Å². The topological polar surface area (TPSA) is 41.9 Å². The Hall–Kier alpha value is -1.10. The monoisotopic (exact) mass is 319 g/mol. The second-order valence-electron chi connectivity index (χ2n) is 6.92. The number of hydrogen-bond acceptors (Lipinski definition) is 4. The van der Waals surface area contributed by atoms with Gasteiger partial charge < -0.3 is 14.6 Å². The zero-order valence-corrected chi connectivity index (χ0v) is 14.1. The number of fused-ring (bicyclic) bond motifs is 1. The van der Waals surface area contributed by atoms with E-state index in [4.69, 9.17) is 9.47 Å². The number of benzene rings is 1. The Labute approximate surface area is 139 Å². The third-order valence-corrected chi connectivity index (χ3v) is 5.27. The van der Waals surface area contributed by atoms with Crippen LogP contribution in [0.5, 0.6) is 5.75 Å². The molecule has 23 heavy (non-hydrogen) atoms. The third-order valence-electron chi connectivity index (χ3n) is 5.27. The molecular weight excluding hydrogens is 290 g/mol. The molecule has 1 saturated carbocycles. The lowest BCUT2D eigenvalue weighted by Gasteiger charge is -2.38. The fourth-order valence-electron chi connectivity index (χ4n) is 4.18. The van der Waals surface area contributed by atoms with E-state index in [9.17, 15) is 5.11 Å². The molecule has 3 rings (SSSR count). The molecule has 128 valence electrons. The van der Waals surface area contributed by atoms with E-state index in [0.29, 0.717) is 19.3 Å². The summed E-state index contributed by atoms with van der Waals surface area (Å²) < 4.78 is 10.9. The highest BCUT2D eigenvalue weighted by Crippen LogP contribution is 2.36. The number of aliphatic hydroxyl groups excluding tert-OH is 1. The average Bonchev–Trinajstić information content (AvgIpc) is 3.05. The highest BCUT2D eigenvalue weighted by molar-refractivity contribution is 5.27. The van der Waals surface area contributed by atoms with Gasteiger partial charge in [0, 0.05) is 12.6 Å². The zero-order valence-electron chi connectivity index (χ0n) is 14.1. The summed E-state index contributed by atoms with van der Waals surface area (Å²) in [6.45, 7) is 2.79. The molecule has 1 aliphatic carbocycles. The molecule has 1 aromatic carbocycles. The summed E-state index contributed by atoms with van der Waals surface area (Å²) in [5.74, 6) is 1.71. The maximum Gasteiger partial charge on any atom is 0.119 e. The Bertz CT molecular complexity index is 493.